The first kappa shape index (κ1) is 27.4. The normalized spacial score (nSPS) is 11.0. The number of nitrogens with zero attached hydrogens (tertiary/aromatic N) is 1. The Kier molecular flexibility index (Phi) is 8.31. The van der Waals surface area contributed by atoms with Gasteiger partial charge < -0.3 is 25.1 Å². The molecule has 0 radical (unpaired) electrons. The molecule has 0 spiro atoms. The Bertz CT molecular complexity index is 1470. The van der Waals surface area contributed by atoms with Gasteiger partial charge in [0.15, 0.2) is 12.2 Å². The molecule has 0 saturated heterocycles. The number of carbonyl (C=O) groups excluding carboxylic acids is 3. The molecule has 0 aliphatic rings. The Morgan fingerprint density at radius 1 is 0.923 bits per heavy atom. The first-order valence-electron chi connectivity index (χ1n) is 12.0. The first-order valence-corrected chi connectivity index (χ1v) is 12.4. The van der Waals surface area contributed by atoms with Gasteiger partial charge in [-0.05, 0) is 74.4 Å². The van der Waals surface area contributed by atoms with Gasteiger partial charge in [0.2, 0.25) is 0 Å². The maximum atomic E-state index is 12.7. The molecule has 1 aromatic heterocycles. The molecule has 3 N–H and O–H groups in total. The Hall–Kier alpha value is -4.63. The van der Waals surface area contributed by atoms with E-state index in [0.717, 1.165) is 5.56 Å². The fourth-order valence-electron chi connectivity index (χ4n) is 3.94. The highest BCUT2D eigenvalue weighted by atomic mass is 35.5. The predicted molar refractivity (Wildman–Crippen MR) is 149 cm³/mol. The minimum Gasteiger partial charge on any atom is -0.496 e. The van der Waals surface area contributed by atoms with Crippen molar-refractivity contribution in [3.63, 3.8) is 0 Å². The van der Waals surface area contributed by atoms with E-state index >= 15 is 0 Å². The lowest BCUT2D eigenvalue weighted by molar-refractivity contribution is -0.137. The molecule has 0 aliphatic carbocycles. The second kappa shape index (κ2) is 11.8. The van der Waals surface area contributed by atoms with Gasteiger partial charge in [0.25, 0.3) is 5.91 Å². The van der Waals surface area contributed by atoms with Crippen LogP contribution in [0.4, 0.5) is 11.4 Å². The molecule has 0 atom stereocenters. The van der Waals surface area contributed by atoms with Crippen LogP contribution in [-0.4, -0.2) is 35.4 Å². The molecule has 39 heavy (non-hydrogen) atoms. The molecule has 0 fully saturated rings. The van der Waals surface area contributed by atoms with Crippen molar-refractivity contribution in [2.24, 2.45) is 0 Å². The van der Waals surface area contributed by atoms with Crippen LogP contribution in [0.15, 0.2) is 83.7 Å². The lowest BCUT2D eigenvalue weighted by Crippen LogP contribution is -2.49. The van der Waals surface area contributed by atoms with Gasteiger partial charge in [-0.25, -0.2) is 4.98 Å². The molecule has 3 aromatic carbocycles. The summed E-state index contributed by atoms with van der Waals surface area (Å²) >= 11 is 5.87. The lowest BCUT2D eigenvalue weighted by atomic mass is 9.94. The zero-order chi connectivity index (χ0) is 28.0. The van der Waals surface area contributed by atoms with Crippen LogP contribution in [-0.2, 0) is 16.0 Å². The third-order valence-electron chi connectivity index (χ3n) is 5.78. The quantitative estimate of drug-likeness (QED) is 0.257. The highest BCUT2D eigenvalue weighted by molar-refractivity contribution is 6.39. The summed E-state index contributed by atoms with van der Waals surface area (Å²) < 4.78 is 10.7. The van der Waals surface area contributed by atoms with Crippen LogP contribution < -0.4 is 20.7 Å². The van der Waals surface area contributed by atoms with Crippen molar-refractivity contribution in [2.45, 2.75) is 25.8 Å². The van der Waals surface area contributed by atoms with Gasteiger partial charge in [0.1, 0.15) is 5.75 Å². The highest BCUT2D eigenvalue weighted by Gasteiger charge is 2.25. The topological polar surface area (TPSA) is 123 Å². The number of anilines is 2. The third-order valence-corrected chi connectivity index (χ3v) is 6.03. The zero-order valence-electron chi connectivity index (χ0n) is 21.6. The predicted octanol–water partition coefficient (Wildman–Crippen LogP) is 5.33. The Morgan fingerprint density at radius 3 is 2.26 bits per heavy atom. The van der Waals surface area contributed by atoms with Crippen LogP contribution in [0.3, 0.4) is 0 Å². The van der Waals surface area contributed by atoms with E-state index in [2.05, 4.69) is 20.9 Å². The number of nitrogens with one attached hydrogen (secondary N) is 3. The molecule has 4 aromatic rings. The fraction of sp³-hybridized carbons (Fsp3) is 0.172. The summed E-state index contributed by atoms with van der Waals surface area (Å²) in [5.74, 6) is -0.856. The maximum absolute atomic E-state index is 12.7. The lowest BCUT2D eigenvalue weighted by Gasteiger charge is -2.26. The SMILES string of the molecule is COc1cc(NC(=O)C(=O)NC(C)(C)Cc2ccc(NC(=O)c3ccc(Cl)cc3)cc2)ccc1-c1cnco1. The molecule has 0 aliphatic heterocycles. The molecule has 4 rings (SSSR count). The Balaban J connectivity index is 1.32. The van der Waals surface area contributed by atoms with Crippen LogP contribution in [0.2, 0.25) is 5.02 Å². The summed E-state index contributed by atoms with van der Waals surface area (Å²) in [5, 5.41) is 8.76. The number of hydrogen-bond donors (Lipinski definition) is 3. The number of oxazole rings is 1. The monoisotopic (exact) mass is 546 g/mol. The standard InChI is InChI=1S/C29H27ClN4O5/c1-29(2,15-18-4-10-21(11-5-18)32-26(35)19-6-8-20(30)9-7-19)34-28(37)27(36)33-22-12-13-23(24(14-22)38-3)25-16-31-17-39-25/h4-14,16-17H,15H2,1-3H3,(H,32,35)(H,33,36)(H,34,37). The van der Waals surface area contributed by atoms with E-state index in [-0.39, 0.29) is 5.91 Å². The number of hydrogen-bond acceptors (Lipinski definition) is 6. The minimum atomic E-state index is -0.808. The molecule has 0 bridgehead atoms. The van der Waals surface area contributed by atoms with Gasteiger partial charge in [-0.1, -0.05) is 23.7 Å². The largest absolute Gasteiger partial charge is 0.496 e. The van der Waals surface area contributed by atoms with Crippen LogP contribution in [0.1, 0.15) is 29.8 Å². The van der Waals surface area contributed by atoms with Crippen LogP contribution >= 0.6 is 11.6 Å². The fourth-order valence-corrected chi connectivity index (χ4v) is 4.06. The number of benzene rings is 3. The van der Waals surface area contributed by atoms with Crippen molar-refractivity contribution in [1.29, 1.82) is 0 Å². The number of methoxy groups -OCH3 is 1. The van der Waals surface area contributed by atoms with E-state index in [1.54, 1.807) is 60.8 Å². The van der Waals surface area contributed by atoms with Crippen molar-refractivity contribution in [3.8, 4) is 17.1 Å². The van der Waals surface area contributed by atoms with E-state index in [4.69, 9.17) is 20.8 Å². The summed E-state index contributed by atoms with van der Waals surface area (Å²) in [5.41, 5.74) is 2.37. The zero-order valence-corrected chi connectivity index (χ0v) is 22.3. The molecular weight excluding hydrogens is 520 g/mol. The highest BCUT2D eigenvalue weighted by Crippen LogP contribution is 2.32. The van der Waals surface area contributed by atoms with E-state index in [9.17, 15) is 14.4 Å². The minimum absolute atomic E-state index is 0.247. The van der Waals surface area contributed by atoms with Gasteiger partial charge in [-0.3, -0.25) is 14.4 Å². The third kappa shape index (κ3) is 7.24. The summed E-state index contributed by atoms with van der Waals surface area (Å²) in [6, 6.07) is 18.8. The van der Waals surface area contributed by atoms with E-state index in [1.807, 2.05) is 26.0 Å². The average molecular weight is 547 g/mol. The summed E-state index contributed by atoms with van der Waals surface area (Å²) in [6.45, 7) is 3.65. The van der Waals surface area contributed by atoms with E-state index < -0.39 is 17.4 Å². The molecule has 200 valence electrons. The van der Waals surface area contributed by atoms with Crippen molar-refractivity contribution in [1.82, 2.24) is 10.3 Å². The van der Waals surface area contributed by atoms with Crippen molar-refractivity contribution in [2.75, 3.05) is 17.7 Å². The Labute approximate surface area is 230 Å². The van der Waals surface area contributed by atoms with Crippen LogP contribution in [0, 0.1) is 0 Å². The molecule has 0 unspecified atom stereocenters. The number of amides is 3. The van der Waals surface area contributed by atoms with Crippen molar-refractivity contribution in [3.05, 3.63) is 95.5 Å². The first-order chi connectivity index (χ1) is 18.6. The second-order valence-corrected chi connectivity index (χ2v) is 9.84. The molecule has 3 amide bonds. The molecule has 0 saturated carbocycles. The summed E-state index contributed by atoms with van der Waals surface area (Å²) in [7, 11) is 1.50. The number of carbonyl (C=O) groups is 3. The number of aromatic nitrogens is 1. The smallest absolute Gasteiger partial charge is 0.313 e. The maximum Gasteiger partial charge on any atom is 0.313 e. The van der Waals surface area contributed by atoms with Crippen LogP contribution in [0.25, 0.3) is 11.3 Å². The molecular formula is C29H27ClN4O5. The average Bonchev–Trinajstić information content (AvgIpc) is 3.44. The molecule has 10 heteroatoms. The summed E-state index contributed by atoms with van der Waals surface area (Å²) in [6.07, 6.45) is 3.32. The van der Waals surface area contributed by atoms with E-state index in [0.29, 0.717) is 45.5 Å². The molecule has 1 heterocycles. The molecule has 9 nitrogen and oxygen atoms in total. The number of rotatable bonds is 8. The van der Waals surface area contributed by atoms with Crippen LogP contribution in [0.5, 0.6) is 5.75 Å². The van der Waals surface area contributed by atoms with E-state index in [1.165, 1.54) is 13.5 Å². The van der Waals surface area contributed by atoms with Crippen molar-refractivity contribution >= 4 is 40.7 Å². The number of ether oxygens (including phenoxy) is 1. The Morgan fingerprint density at radius 2 is 1.62 bits per heavy atom. The van der Waals surface area contributed by atoms with Gasteiger partial charge in [0.05, 0.1) is 18.9 Å². The van der Waals surface area contributed by atoms with Gasteiger partial charge >= 0.3 is 11.8 Å². The van der Waals surface area contributed by atoms with Gasteiger partial charge in [0, 0.05) is 33.6 Å². The van der Waals surface area contributed by atoms with Gasteiger partial charge in [-0.2, -0.15) is 0 Å². The summed E-state index contributed by atoms with van der Waals surface area (Å²) in [4.78, 5) is 41.6. The second-order valence-electron chi connectivity index (χ2n) is 9.41. The van der Waals surface area contributed by atoms with Gasteiger partial charge in [-0.15, -0.1) is 0 Å². The van der Waals surface area contributed by atoms with Crippen molar-refractivity contribution < 1.29 is 23.5 Å². The number of halogens is 1.